The Balaban J connectivity index is 1.76. The van der Waals surface area contributed by atoms with Gasteiger partial charge in [0, 0.05) is 0 Å². The smallest absolute Gasteiger partial charge is 0.316 e. The number of nitriles is 1. The van der Waals surface area contributed by atoms with Gasteiger partial charge in [0.05, 0.1) is 24.2 Å². The monoisotopic (exact) mass is 426 g/mol. The van der Waals surface area contributed by atoms with Crippen molar-refractivity contribution in [3.05, 3.63) is 42.1 Å². The number of rotatable bonds is 8. The van der Waals surface area contributed by atoms with E-state index in [0.717, 1.165) is 11.8 Å². The first-order valence-corrected chi connectivity index (χ1v) is 9.82. The summed E-state index contributed by atoms with van der Waals surface area (Å²) in [5.41, 5.74) is 6.71. The summed E-state index contributed by atoms with van der Waals surface area (Å²) >= 11 is 1.06. The molecule has 1 amide bonds. The van der Waals surface area contributed by atoms with Crippen LogP contribution in [0.2, 0.25) is 0 Å². The Hall–Kier alpha value is -3.85. The van der Waals surface area contributed by atoms with Gasteiger partial charge in [0.15, 0.2) is 11.0 Å². The summed E-state index contributed by atoms with van der Waals surface area (Å²) in [5.74, 6) is -0.610. The molecule has 30 heavy (non-hydrogen) atoms. The van der Waals surface area contributed by atoms with Crippen molar-refractivity contribution in [3.8, 4) is 11.8 Å². The summed E-state index contributed by atoms with van der Waals surface area (Å²) in [5, 5.41) is 24.2. The van der Waals surface area contributed by atoms with E-state index in [2.05, 4.69) is 20.6 Å². The fourth-order valence-electron chi connectivity index (χ4n) is 2.51. The molecule has 0 saturated carbocycles. The van der Waals surface area contributed by atoms with Crippen LogP contribution in [0.5, 0.6) is 0 Å². The molecule has 0 atom stereocenters. The highest BCUT2D eigenvalue weighted by atomic mass is 32.2. The Bertz CT molecular complexity index is 1090. The van der Waals surface area contributed by atoms with Gasteiger partial charge in [0.2, 0.25) is 11.9 Å². The van der Waals surface area contributed by atoms with E-state index in [1.807, 2.05) is 24.3 Å². The van der Waals surface area contributed by atoms with E-state index in [1.54, 1.807) is 19.1 Å². The number of aromatic nitrogens is 5. The van der Waals surface area contributed by atoms with Crippen molar-refractivity contribution in [1.82, 2.24) is 24.5 Å². The van der Waals surface area contributed by atoms with Crippen LogP contribution in [0.3, 0.4) is 0 Å². The van der Waals surface area contributed by atoms with Crippen molar-refractivity contribution in [1.29, 1.82) is 5.26 Å². The van der Waals surface area contributed by atoms with Crippen molar-refractivity contribution in [2.24, 2.45) is 0 Å². The molecule has 0 aliphatic rings. The number of nitrogens with one attached hydrogen (secondary N) is 1. The molecular formula is C18H18N8O3S. The van der Waals surface area contributed by atoms with Gasteiger partial charge in [0.25, 0.3) is 0 Å². The summed E-state index contributed by atoms with van der Waals surface area (Å²) in [6.07, 6.45) is 1.37. The molecule has 12 heteroatoms. The number of esters is 1. The summed E-state index contributed by atoms with van der Waals surface area (Å²) in [6, 6.07) is 11.1. The van der Waals surface area contributed by atoms with Crippen molar-refractivity contribution >= 4 is 35.4 Å². The Morgan fingerprint density at radius 3 is 2.77 bits per heavy atom. The zero-order valence-corrected chi connectivity index (χ0v) is 16.8. The van der Waals surface area contributed by atoms with Gasteiger partial charge in [-0.1, -0.05) is 30.0 Å². The summed E-state index contributed by atoms with van der Waals surface area (Å²) < 4.78 is 7.70. The minimum absolute atomic E-state index is 0.00690. The number of nitrogen functional groups attached to an aromatic ring is 1. The number of benzene rings is 1. The minimum Gasteiger partial charge on any atom is -0.465 e. The van der Waals surface area contributed by atoms with Gasteiger partial charge >= 0.3 is 5.97 Å². The molecule has 0 spiro atoms. The quantitative estimate of drug-likeness (QED) is 0.399. The minimum atomic E-state index is -0.464. The predicted octanol–water partition coefficient (Wildman–Crippen LogP) is 1.21. The second kappa shape index (κ2) is 9.57. The van der Waals surface area contributed by atoms with Crippen LogP contribution >= 0.6 is 11.8 Å². The molecular weight excluding hydrogens is 408 g/mol. The number of ether oxygens (including phenoxy) is 1. The number of nitrogens with two attached hydrogens (primary N) is 1. The maximum absolute atomic E-state index is 12.7. The van der Waals surface area contributed by atoms with Gasteiger partial charge in [-0.05, 0) is 19.1 Å². The Morgan fingerprint density at radius 1 is 1.30 bits per heavy atom. The van der Waals surface area contributed by atoms with E-state index in [-0.39, 0.29) is 36.2 Å². The van der Waals surface area contributed by atoms with Gasteiger partial charge < -0.3 is 15.8 Å². The number of anilines is 2. The van der Waals surface area contributed by atoms with Crippen LogP contribution in [0.25, 0.3) is 5.69 Å². The summed E-state index contributed by atoms with van der Waals surface area (Å²) in [7, 11) is 0. The van der Waals surface area contributed by atoms with Crippen LogP contribution in [0.4, 0.5) is 11.8 Å². The molecule has 0 fully saturated rings. The number of hydrogen-bond acceptors (Lipinski definition) is 9. The largest absolute Gasteiger partial charge is 0.465 e. The van der Waals surface area contributed by atoms with Crippen LogP contribution in [0.15, 0.2) is 41.7 Å². The summed E-state index contributed by atoms with van der Waals surface area (Å²) in [6.45, 7) is 1.77. The van der Waals surface area contributed by atoms with E-state index in [0.29, 0.717) is 10.8 Å². The van der Waals surface area contributed by atoms with Gasteiger partial charge in [-0.3, -0.25) is 14.2 Å². The number of nitrogens with zero attached hydrogens (tertiary/aromatic N) is 6. The van der Waals surface area contributed by atoms with Crippen LogP contribution in [-0.2, 0) is 20.9 Å². The fourth-order valence-corrected chi connectivity index (χ4v) is 3.25. The van der Waals surface area contributed by atoms with E-state index >= 15 is 0 Å². The van der Waals surface area contributed by atoms with E-state index in [9.17, 15) is 14.9 Å². The molecule has 2 heterocycles. The average Bonchev–Trinajstić information content (AvgIpc) is 3.30. The van der Waals surface area contributed by atoms with Gasteiger partial charge in [-0.2, -0.15) is 10.4 Å². The normalized spacial score (nSPS) is 10.4. The first-order chi connectivity index (χ1) is 14.5. The topological polar surface area (TPSA) is 154 Å². The number of amides is 1. The van der Waals surface area contributed by atoms with Gasteiger partial charge in [0.1, 0.15) is 18.2 Å². The number of para-hydroxylation sites is 1. The maximum Gasteiger partial charge on any atom is 0.316 e. The molecule has 2 aromatic heterocycles. The molecule has 154 valence electrons. The highest BCUT2D eigenvalue weighted by molar-refractivity contribution is 7.99. The molecule has 0 unspecified atom stereocenters. The molecule has 3 rings (SSSR count). The molecule has 0 bridgehead atoms. The van der Waals surface area contributed by atoms with Crippen molar-refractivity contribution in [3.63, 3.8) is 0 Å². The molecule has 3 aromatic rings. The third-order valence-electron chi connectivity index (χ3n) is 3.82. The molecule has 0 radical (unpaired) electrons. The molecule has 3 N–H and O–H groups in total. The zero-order chi connectivity index (χ0) is 21.5. The molecule has 11 nitrogen and oxygen atoms in total. The second-order valence-corrected chi connectivity index (χ2v) is 6.78. The van der Waals surface area contributed by atoms with Gasteiger partial charge in [-0.15, -0.1) is 10.2 Å². The molecule has 1 aromatic carbocycles. The third kappa shape index (κ3) is 4.76. The predicted molar refractivity (Wildman–Crippen MR) is 109 cm³/mol. The van der Waals surface area contributed by atoms with Crippen molar-refractivity contribution in [2.45, 2.75) is 18.6 Å². The number of carbonyl (C=O) groups excluding carboxylic acids is 2. The lowest BCUT2D eigenvalue weighted by Crippen LogP contribution is -2.22. The Kier molecular flexibility index (Phi) is 6.66. The first-order valence-electron chi connectivity index (χ1n) is 8.84. The van der Waals surface area contributed by atoms with Crippen LogP contribution in [0.1, 0.15) is 12.5 Å². The zero-order valence-electron chi connectivity index (χ0n) is 16.0. The second-order valence-electron chi connectivity index (χ2n) is 5.83. The van der Waals surface area contributed by atoms with Crippen LogP contribution in [0, 0.1) is 11.3 Å². The van der Waals surface area contributed by atoms with E-state index in [4.69, 9.17) is 10.5 Å². The van der Waals surface area contributed by atoms with Crippen molar-refractivity contribution in [2.75, 3.05) is 23.4 Å². The maximum atomic E-state index is 12.7. The number of carbonyl (C=O) groups is 2. The molecule has 0 aliphatic heterocycles. The highest BCUT2D eigenvalue weighted by Crippen LogP contribution is 2.21. The van der Waals surface area contributed by atoms with Crippen LogP contribution in [-0.4, -0.2) is 48.8 Å². The van der Waals surface area contributed by atoms with Gasteiger partial charge in [-0.25, -0.2) is 4.68 Å². The van der Waals surface area contributed by atoms with Crippen LogP contribution < -0.4 is 11.1 Å². The molecule has 0 saturated heterocycles. The van der Waals surface area contributed by atoms with E-state index < -0.39 is 11.9 Å². The first kappa shape index (κ1) is 20.9. The van der Waals surface area contributed by atoms with Crippen molar-refractivity contribution < 1.29 is 14.3 Å². The SMILES string of the molecule is CCOC(=O)CSc1nnc(N)n1CC(=O)Nc1c(C#N)cnn1-c1ccccc1. The third-order valence-corrected chi connectivity index (χ3v) is 4.76. The lowest BCUT2D eigenvalue weighted by atomic mass is 10.3. The lowest BCUT2D eigenvalue weighted by molar-refractivity contribution is -0.139. The molecule has 0 aliphatic carbocycles. The average molecular weight is 426 g/mol. The lowest BCUT2D eigenvalue weighted by Gasteiger charge is -2.11. The summed E-state index contributed by atoms with van der Waals surface area (Å²) in [4.78, 5) is 24.2. The standard InChI is InChI=1S/C18H18N8O3S/c1-2-29-15(28)11-30-18-24-23-17(20)25(18)10-14(27)22-16-12(8-19)9-21-26(16)13-6-4-3-5-7-13/h3-7,9H,2,10-11H2,1H3,(H2,20,23)(H,22,27). The Morgan fingerprint density at radius 2 is 2.07 bits per heavy atom. The number of thioether (sulfide) groups is 1. The highest BCUT2D eigenvalue weighted by Gasteiger charge is 2.19. The van der Waals surface area contributed by atoms with E-state index in [1.165, 1.54) is 15.4 Å². The Labute approximate surface area is 175 Å². The fraction of sp³-hybridized carbons (Fsp3) is 0.222. The number of hydrogen-bond donors (Lipinski definition) is 2.